The Bertz CT molecular complexity index is 721. The molecule has 0 spiro atoms. The largest absolute Gasteiger partial charge is 0.497 e. The Morgan fingerprint density at radius 2 is 2.16 bits per heavy atom. The van der Waals surface area contributed by atoms with E-state index in [4.69, 9.17) is 4.74 Å². The van der Waals surface area contributed by atoms with E-state index in [0.717, 1.165) is 28.0 Å². The maximum Gasteiger partial charge on any atom is 0.119 e. The van der Waals surface area contributed by atoms with Crippen molar-refractivity contribution in [1.29, 1.82) is 0 Å². The molecule has 3 nitrogen and oxygen atoms in total. The number of hydrogen-bond acceptors (Lipinski definition) is 2. The van der Waals surface area contributed by atoms with E-state index >= 15 is 0 Å². The Hall–Kier alpha value is -1.81. The van der Waals surface area contributed by atoms with Crippen LogP contribution < -0.4 is 4.74 Å². The lowest BCUT2D eigenvalue weighted by molar-refractivity contribution is 0.414. The fraction of sp³-hybridized carbons (Fsp3) is 0.133. The minimum absolute atomic E-state index is 0.780. The third kappa shape index (κ3) is 2.36. The summed E-state index contributed by atoms with van der Waals surface area (Å²) in [5.41, 5.74) is 2.27. The lowest BCUT2D eigenvalue weighted by Gasteiger charge is -2.05. The van der Waals surface area contributed by atoms with Crippen LogP contribution in [0.5, 0.6) is 5.75 Å². The number of imidazole rings is 1. The van der Waals surface area contributed by atoms with Gasteiger partial charge in [-0.2, -0.15) is 0 Å². The van der Waals surface area contributed by atoms with Crippen LogP contribution in [0.3, 0.4) is 0 Å². The van der Waals surface area contributed by atoms with Crippen molar-refractivity contribution in [2.75, 3.05) is 7.11 Å². The van der Waals surface area contributed by atoms with E-state index in [1.165, 1.54) is 5.56 Å². The highest BCUT2D eigenvalue weighted by Crippen LogP contribution is 2.21. The molecule has 0 saturated heterocycles. The average molecular weight is 317 g/mol. The first-order chi connectivity index (χ1) is 9.28. The van der Waals surface area contributed by atoms with Gasteiger partial charge >= 0.3 is 0 Å². The standard InChI is InChI=1S/C15H13BrN2O/c1-19-12-5-2-4-11(8-12)9-15-17-10-14-13(16)6-3-7-18(14)15/h2-8,10H,9H2,1H3. The molecule has 0 amide bonds. The Morgan fingerprint density at radius 3 is 3.00 bits per heavy atom. The van der Waals surface area contributed by atoms with Gasteiger partial charge in [0.05, 0.1) is 18.8 Å². The van der Waals surface area contributed by atoms with E-state index < -0.39 is 0 Å². The van der Waals surface area contributed by atoms with Gasteiger partial charge in [0.1, 0.15) is 11.6 Å². The zero-order chi connectivity index (χ0) is 13.2. The molecule has 3 rings (SSSR count). The molecular formula is C15H13BrN2O. The highest BCUT2D eigenvalue weighted by Gasteiger charge is 2.07. The number of aromatic nitrogens is 2. The molecule has 0 aliphatic carbocycles. The van der Waals surface area contributed by atoms with Crippen LogP contribution in [-0.2, 0) is 6.42 Å². The molecule has 4 heteroatoms. The second kappa shape index (κ2) is 5.05. The van der Waals surface area contributed by atoms with E-state index in [0.29, 0.717) is 0 Å². The second-order valence-corrected chi connectivity index (χ2v) is 5.17. The molecule has 1 aromatic carbocycles. The normalized spacial score (nSPS) is 10.8. The fourth-order valence-electron chi connectivity index (χ4n) is 2.14. The summed E-state index contributed by atoms with van der Waals surface area (Å²) in [7, 11) is 1.68. The first-order valence-corrected chi connectivity index (χ1v) is 6.80. The molecular weight excluding hydrogens is 304 g/mol. The number of ether oxygens (including phenoxy) is 1. The summed E-state index contributed by atoms with van der Waals surface area (Å²) in [5, 5.41) is 0. The fourth-order valence-corrected chi connectivity index (χ4v) is 2.58. The molecule has 0 atom stereocenters. The van der Waals surface area contributed by atoms with E-state index in [9.17, 15) is 0 Å². The third-order valence-electron chi connectivity index (χ3n) is 3.09. The zero-order valence-electron chi connectivity index (χ0n) is 10.5. The monoisotopic (exact) mass is 316 g/mol. The maximum atomic E-state index is 5.25. The molecule has 0 bridgehead atoms. The molecule has 0 saturated carbocycles. The third-order valence-corrected chi connectivity index (χ3v) is 3.76. The van der Waals surface area contributed by atoms with Gasteiger partial charge in [-0.15, -0.1) is 0 Å². The molecule has 0 radical (unpaired) electrons. The Labute approximate surface area is 120 Å². The Balaban J connectivity index is 1.99. The number of nitrogens with zero attached hydrogens (tertiary/aromatic N) is 2. The number of benzene rings is 1. The zero-order valence-corrected chi connectivity index (χ0v) is 12.1. The van der Waals surface area contributed by atoms with Crippen LogP contribution in [0.1, 0.15) is 11.4 Å². The van der Waals surface area contributed by atoms with Crippen LogP contribution in [0.4, 0.5) is 0 Å². The van der Waals surface area contributed by atoms with Crippen LogP contribution in [0.15, 0.2) is 53.3 Å². The molecule has 0 N–H and O–H groups in total. The average Bonchev–Trinajstić information content (AvgIpc) is 2.84. The number of halogens is 1. The lowest BCUT2D eigenvalue weighted by Crippen LogP contribution is -1.96. The van der Waals surface area contributed by atoms with Crippen molar-refractivity contribution >= 4 is 21.4 Å². The SMILES string of the molecule is COc1cccc(Cc2ncc3c(Br)cccn23)c1. The number of fused-ring (bicyclic) bond motifs is 1. The summed E-state index contributed by atoms with van der Waals surface area (Å²) in [6.45, 7) is 0. The van der Waals surface area contributed by atoms with Gasteiger partial charge in [-0.3, -0.25) is 0 Å². The predicted octanol–water partition coefficient (Wildman–Crippen LogP) is 3.70. The number of hydrogen-bond donors (Lipinski definition) is 0. The molecule has 96 valence electrons. The van der Waals surface area contributed by atoms with Crippen LogP contribution in [-0.4, -0.2) is 16.5 Å². The van der Waals surface area contributed by atoms with E-state index in [1.54, 1.807) is 7.11 Å². The van der Waals surface area contributed by atoms with Gasteiger partial charge < -0.3 is 9.14 Å². The summed E-state index contributed by atoms with van der Waals surface area (Å²) < 4.78 is 8.40. The van der Waals surface area contributed by atoms with Crippen LogP contribution in [0, 0.1) is 0 Å². The molecule has 0 unspecified atom stereocenters. The summed E-state index contributed by atoms with van der Waals surface area (Å²) in [4.78, 5) is 4.50. The predicted molar refractivity (Wildman–Crippen MR) is 78.7 cm³/mol. The summed E-state index contributed by atoms with van der Waals surface area (Å²) in [6.07, 6.45) is 4.70. The van der Waals surface area contributed by atoms with Gasteiger partial charge in [-0.1, -0.05) is 12.1 Å². The first kappa shape index (κ1) is 12.2. The van der Waals surface area contributed by atoms with Crippen molar-refractivity contribution < 1.29 is 4.74 Å². The van der Waals surface area contributed by atoms with Crippen molar-refractivity contribution in [3.63, 3.8) is 0 Å². The highest BCUT2D eigenvalue weighted by atomic mass is 79.9. The van der Waals surface area contributed by atoms with Gasteiger partial charge in [0, 0.05) is 17.1 Å². The molecule has 0 aliphatic heterocycles. The van der Waals surface area contributed by atoms with Crippen molar-refractivity contribution in [1.82, 2.24) is 9.38 Å². The number of pyridine rings is 1. The minimum atomic E-state index is 0.780. The molecule has 3 aromatic rings. The molecule has 2 aromatic heterocycles. The minimum Gasteiger partial charge on any atom is -0.497 e. The van der Waals surface area contributed by atoms with Gasteiger partial charge in [-0.05, 0) is 45.8 Å². The van der Waals surface area contributed by atoms with E-state index in [-0.39, 0.29) is 0 Å². The topological polar surface area (TPSA) is 26.5 Å². The lowest BCUT2D eigenvalue weighted by atomic mass is 10.1. The van der Waals surface area contributed by atoms with Crippen LogP contribution in [0.2, 0.25) is 0 Å². The summed E-state index contributed by atoms with van der Waals surface area (Å²) in [5.74, 6) is 1.89. The molecule has 0 aliphatic rings. The van der Waals surface area contributed by atoms with Crippen LogP contribution >= 0.6 is 15.9 Å². The quantitative estimate of drug-likeness (QED) is 0.736. The van der Waals surface area contributed by atoms with Gasteiger partial charge in [0.15, 0.2) is 0 Å². The molecule has 2 heterocycles. The van der Waals surface area contributed by atoms with Crippen LogP contribution in [0.25, 0.3) is 5.52 Å². The number of rotatable bonds is 3. The smallest absolute Gasteiger partial charge is 0.119 e. The van der Waals surface area contributed by atoms with Gasteiger partial charge in [0.25, 0.3) is 0 Å². The van der Waals surface area contributed by atoms with Crippen molar-refractivity contribution in [3.05, 3.63) is 64.7 Å². The highest BCUT2D eigenvalue weighted by molar-refractivity contribution is 9.10. The van der Waals surface area contributed by atoms with Gasteiger partial charge in [0.2, 0.25) is 0 Å². The van der Waals surface area contributed by atoms with Crippen molar-refractivity contribution in [3.8, 4) is 5.75 Å². The molecule has 19 heavy (non-hydrogen) atoms. The number of methoxy groups -OCH3 is 1. The summed E-state index contributed by atoms with van der Waals surface area (Å²) in [6, 6.07) is 12.1. The van der Waals surface area contributed by atoms with E-state index in [1.807, 2.05) is 42.7 Å². The van der Waals surface area contributed by atoms with Gasteiger partial charge in [-0.25, -0.2) is 4.98 Å². The Kier molecular flexibility index (Phi) is 3.25. The first-order valence-electron chi connectivity index (χ1n) is 6.01. The van der Waals surface area contributed by atoms with E-state index in [2.05, 4.69) is 31.4 Å². The van der Waals surface area contributed by atoms with Crippen molar-refractivity contribution in [2.24, 2.45) is 0 Å². The molecule has 0 fully saturated rings. The Morgan fingerprint density at radius 1 is 1.26 bits per heavy atom. The summed E-state index contributed by atoms with van der Waals surface area (Å²) >= 11 is 3.54. The second-order valence-electron chi connectivity index (χ2n) is 4.31. The maximum absolute atomic E-state index is 5.25. The van der Waals surface area contributed by atoms with Crippen molar-refractivity contribution in [2.45, 2.75) is 6.42 Å².